The van der Waals surface area contributed by atoms with Crippen LogP contribution >= 0.6 is 15.9 Å². The molecule has 2 heteroatoms. The largest absolute Gasteiger partial charge is 0.381 e. The molecular formula is C14H29BrO. The van der Waals surface area contributed by atoms with Gasteiger partial charge in [0.05, 0.1) is 0 Å². The van der Waals surface area contributed by atoms with Gasteiger partial charge in [-0.3, -0.25) is 0 Å². The van der Waals surface area contributed by atoms with E-state index in [0.29, 0.717) is 0 Å². The first-order chi connectivity index (χ1) is 7.91. The topological polar surface area (TPSA) is 9.23 Å². The van der Waals surface area contributed by atoms with E-state index >= 15 is 0 Å². The van der Waals surface area contributed by atoms with Crippen molar-refractivity contribution in [1.29, 1.82) is 0 Å². The van der Waals surface area contributed by atoms with Gasteiger partial charge in [0.25, 0.3) is 0 Å². The first-order valence-corrected chi connectivity index (χ1v) is 8.17. The zero-order valence-electron chi connectivity index (χ0n) is 11.0. The van der Waals surface area contributed by atoms with Crippen LogP contribution in [0.4, 0.5) is 0 Å². The maximum absolute atomic E-state index is 5.57. The van der Waals surface area contributed by atoms with E-state index in [-0.39, 0.29) is 0 Å². The Bertz CT molecular complexity index is 103. The Labute approximate surface area is 110 Å². The minimum absolute atomic E-state index is 0.971. The number of ether oxygens (including phenoxy) is 1. The lowest BCUT2D eigenvalue weighted by molar-refractivity contribution is 0.126. The average Bonchev–Trinajstić information content (AvgIpc) is 2.31. The summed E-state index contributed by atoms with van der Waals surface area (Å²) in [5.74, 6) is 0. The summed E-state index contributed by atoms with van der Waals surface area (Å²) in [5, 5.41) is 1.17. The van der Waals surface area contributed by atoms with Crippen molar-refractivity contribution in [3.63, 3.8) is 0 Å². The van der Waals surface area contributed by atoms with Gasteiger partial charge in [-0.1, -0.05) is 67.8 Å². The van der Waals surface area contributed by atoms with Crippen LogP contribution in [-0.2, 0) is 4.74 Å². The van der Waals surface area contributed by atoms with Crippen molar-refractivity contribution in [1.82, 2.24) is 0 Å². The van der Waals surface area contributed by atoms with Crippen LogP contribution in [0.5, 0.6) is 0 Å². The molecule has 0 saturated heterocycles. The number of unbranched alkanes of at least 4 members (excludes halogenated alkanes) is 8. The van der Waals surface area contributed by atoms with E-state index in [1.807, 2.05) is 0 Å². The standard InChI is InChI=1S/C14H29BrO/c1-2-3-10-13-16-14-11-8-6-4-5-7-9-12-15/h2-14H2,1H3. The predicted octanol–water partition coefficient (Wildman–Crippen LogP) is 5.32. The second kappa shape index (κ2) is 15.4. The summed E-state index contributed by atoms with van der Waals surface area (Å²) in [7, 11) is 0. The van der Waals surface area contributed by atoms with Crippen LogP contribution in [-0.4, -0.2) is 18.5 Å². The minimum atomic E-state index is 0.971. The third-order valence-corrected chi connectivity index (χ3v) is 3.38. The number of rotatable bonds is 13. The SMILES string of the molecule is CCCCCOCCCCCCCCCBr. The van der Waals surface area contributed by atoms with Gasteiger partial charge in [0.2, 0.25) is 0 Å². The molecule has 0 atom stereocenters. The average molecular weight is 293 g/mol. The first kappa shape index (κ1) is 16.4. The molecule has 0 aromatic rings. The van der Waals surface area contributed by atoms with Gasteiger partial charge in [0.15, 0.2) is 0 Å². The van der Waals surface area contributed by atoms with Gasteiger partial charge in [-0.25, -0.2) is 0 Å². The second-order valence-corrected chi connectivity index (χ2v) is 5.28. The Kier molecular flexibility index (Phi) is 15.9. The molecule has 0 heterocycles. The van der Waals surface area contributed by atoms with E-state index in [9.17, 15) is 0 Å². The molecular weight excluding hydrogens is 264 g/mol. The highest BCUT2D eigenvalue weighted by Gasteiger charge is 1.92. The molecule has 0 aromatic carbocycles. The molecule has 0 bridgehead atoms. The summed E-state index contributed by atoms with van der Waals surface area (Å²) in [6, 6.07) is 0. The minimum Gasteiger partial charge on any atom is -0.381 e. The molecule has 0 aliphatic rings. The highest BCUT2D eigenvalue weighted by Crippen LogP contribution is 2.08. The molecule has 0 aliphatic carbocycles. The van der Waals surface area contributed by atoms with Gasteiger partial charge < -0.3 is 4.74 Å². The summed E-state index contributed by atoms with van der Waals surface area (Å²) in [4.78, 5) is 0. The zero-order chi connectivity index (χ0) is 11.9. The number of hydrogen-bond donors (Lipinski definition) is 0. The Morgan fingerprint density at radius 2 is 1.19 bits per heavy atom. The summed E-state index contributed by atoms with van der Waals surface area (Å²) in [5.41, 5.74) is 0. The molecule has 0 unspecified atom stereocenters. The third kappa shape index (κ3) is 14.4. The van der Waals surface area contributed by atoms with Gasteiger partial charge in [-0.15, -0.1) is 0 Å². The van der Waals surface area contributed by atoms with Crippen molar-refractivity contribution in [3.8, 4) is 0 Å². The number of alkyl halides is 1. The molecule has 0 aromatic heterocycles. The quantitative estimate of drug-likeness (QED) is 0.330. The van der Waals surface area contributed by atoms with Crippen molar-refractivity contribution >= 4 is 15.9 Å². The van der Waals surface area contributed by atoms with Crippen LogP contribution in [0.15, 0.2) is 0 Å². The van der Waals surface area contributed by atoms with Crippen molar-refractivity contribution in [2.45, 2.75) is 71.1 Å². The summed E-state index contributed by atoms with van der Waals surface area (Å²) < 4.78 is 5.57. The van der Waals surface area contributed by atoms with Crippen LogP contribution in [0.1, 0.15) is 71.1 Å². The normalized spacial score (nSPS) is 10.9. The van der Waals surface area contributed by atoms with E-state index in [1.54, 1.807) is 0 Å². The first-order valence-electron chi connectivity index (χ1n) is 7.05. The summed E-state index contributed by atoms with van der Waals surface area (Å²) in [6.45, 7) is 4.18. The molecule has 16 heavy (non-hydrogen) atoms. The van der Waals surface area contributed by atoms with E-state index < -0.39 is 0 Å². The van der Waals surface area contributed by atoms with Gasteiger partial charge in [0.1, 0.15) is 0 Å². The number of hydrogen-bond acceptors (Lipinski definition) is 1. The fraction of sp³-hybridized carbons (Fsp3) is 1.00. The highest BCUT2D eigenvalue weighted by molar-refractivity contribution is 9.09. The second-order valence-electron chi connectivity index (χ2n) is 4.48. The van der Waals surface area contributed by atoms with Crippen LogP contribution in [0.2, 0.25) is 0 Å². The molecule has 0 fully saturated rings. The van der Waals surface area contributed by atoms with Gasteiger partial charge in [0, 0.05) is 18.5 Å². The fourth-order valence-electron chi connectivity index (χ4n) is 1.74. The molecule has 1 nitrogen and oxygen atoms in total. The molecule has 0 aliphatic heterocycles. The third-order valence-electron chi connectivity index (χ3n) is 2.81. The van der Waals surface area contributed by atoms with E-state index in [0.717, 1.165) is 13.2 Å². The summed E-state index contributed by atoms with van der Waals surface area (Å²) >= 11 is 3.46. The van der Waals surface area contributed by atoms with Crippen LogP contribution < -0.4 is 0 Å². The van der Waals surface area contributed by atoms with E-state index in [2.05, 4.69) is 22.9 Å². The van der Waals surface area contributed by atoms with Crippen LogP contribution in [0, 0.1) is 0 Å². The molecule has 0 rings (SSSR count). The lowest BCUT2D eigenvalue weighted by atomic mass is 10.1. The van der Waals surface area contributed by atoms with Crippen molar-refractivity contribution in [2.24, 2.45) is 0 Å². The summed E-state index contributed by atoms with van der Waals surface area (Å²) in [6.07, 6.45) is 13.4. The molecule has 0 radical (unpaired) electrons. The van der Waals surface area contributed by atoms with E-state index in [4.69, 9.17) is 4.74 Å². The predicted molar refractivity (Wildman–Crippen MR) is 76.5 cm³/mol. The van der Waals surface area contributed by atoms with Crippen LogP contribution in [0.3, 0.4) is 0 Å². The molecule has 0 saturated carbocycles. The Balaban J connectivity index is 2.83. The van der Waals surface area contributed by atoms with E-state index in [1.165, 1.54) is 69.5 Å². The molecule has 98 valence electrons. The molecule has 0 amide bonds. The van der Waals surface area contributed by atoms with Crippen molar-refractivity contribution in [3.05, 3.63) is 0 Å². The maximum Gasteiger partial charge on any atom is 0.0466 e. The van der Waals surface area contributed by atoms with Gasteiger partial charge in [-0.05, 0) is 19.3 Å². The maximum atomic E-state index is 5.57. The van der Waals surface area contributed by atoms with Gasteiger partial charge >= 0.3 is 0 Å². The Hall–Kier alpha value is 0.440. The zero-order valence-corrected chi connectivity index (χ0v) is 12.6. The Morgan fingerprint density at radius 1 is 0.688 bits per heavy atom. The molecule has 0 N–H and O–H groups in total. The Morgan fingerprint density at radius 3 is 1.75 bits per heavy atom. The van der Waals surface area contributed by atoms with Crippen LogP contribution in [0.25, 0.3) is 0 Å². The fourth-order valence-corrected chi connectivity index (χ4v) is 2.14. The van der Waals surface area contributed by atoms with Crippen molar-refractivity contribution < 1.29 is 4.74 Å². The smallest absolute Gasteiger partial charge is 0.0466 e. The van der Waals surface area contributed by atoms with Crippen molar-refractivity contribution in [2.75, 3.05) is 18.5 Å². The number of halogens is 1. The monoisotopic (exact) mass is 292 g/mol. The van der Waals surface area contributed by atoms with Gasteiger partial charge in [-0.2, -0.15) is 0 Å². The lowest BCUT2D eigenvalue weighted by Crippen LogP contribution is -1.96. The lowest BCUT2D eigenvalue weighted by Gasteiger charge is -2.03. The highest BCUT2D eigenvalue weighted by atomic mass is 79.9. The molecule has 0 spiro atoms.